The van der Waals surface area contributed by atoms with Crippen LogP contribution in [0.3, 0.4) is 0 Å². The molecule has 0 fully saturated rings. The number of carbonyl (C=O) groups excluding carboxylic acids is 2. The molecule has 0 bridgehead atoms. The molecule has 1 N–H and O–H groups in total. The van der Waals surface area contributed by atoms with Gasteiger partial charge in [-0.25, -0.2) is 12.8 Å². The van der Waals surface area contributed by atoms with Crippen molar-refractivity contribution in [3.63, 3.8) is 0 Å². The maximum absolute atomic E-state index is 14.7. The van der Waals surface area contributed by atoms with Crippen molar-refractivity contribution >= 4 is 33.2 Å². The van der Waals surface area contributed by atoms with Gasteiger partial charge in [0, 0.05) is 37.7 Å². The van der Waals surface area contributed by atoms with Crippen molar-refractivity contribution in [3.8, 4) is 0 Å². The number of hydrogen-bond acceptors (Lipinski definition) is 6. The lowest BCUT2D eigenvalue weighted by Crippen LogP contribution is -2.53. The van der Waals surface area contributed by atoms with Crippen molar-refractivity contribution in [2.45, 2.75) is 25.9 Å². The summed E-state index contributed by atoms with van der Waals surface area (Å²) in [5.41, 5.74) is 0.835. The lowest BCUT2D eigenvalue weighted by molar-refractivity contribution is -0.384. The first-order chi connectivity index (χ1) is 18.4. The zero-order valence-electron chi connectivity index (χ0n) is 21.7. The standard InChI is InChI=1S/C27H29FN4O6S/c1-19-13-14-22(32(35)36)16-24(19)31(39(3,37)38)18-26(33)30(17-21-11-7-8-12-23(21)28)25(27(34)29-2)15-20-9-5-4-6-10-20/h4-14,16,25H,15,17-18H2,1-3H3,(H,29,34). The summed E-state index contributed by atoms with van der Waals surface area (Å²) in [6.45, 7) is 0.473. The molecule has 0 aliphatic carbocycles. The molecular formula is C27H29FN4O6S. The van der Waals surface area contributed by atoms with Crippen LogP contribution in [0, 0.1) is 22.9 Å². The Bertz CT molecular complexity index is 1470. The van der Waals surface area contributed by atoms with Gasteiger partial charge >= 0.3 is 0 Å². The molecule has 0 radical (unpaired) electrons. The van der Waals surface area contributed by atoms with E-state index in [0.717, 1.165) is 27.1 Å². The lowest BCUT2D eigenvalue weighted by atomic mass is 10.0. The Hall–Kier alpha value is -4.32. The number of rotatable bonds is 11. The highest BCUT2D eigenvalue weighted by Crippen LogP contribution is 2.28. The minimum absolute atomic E-state index is 0.0505. The molecule has 39 heavy (non-hydrogen) atoms. The predicted molar refractivity (Wildman–Crippen MR) is 145 cm³/mol. The first kappa shape index (κ1) is 29.2. The fourth-order valence-corrected chi connectivity index (χ4v) is 5.00. The molecular weight excluding hydrogens is 527 g/mol. The van der Waals surface area contributed by atoms with Gasteiger partial charge in [-0.1, -0.05) is 54.6 Å². The van der Waals surface area contributed by atoms with E-state index in [1.807, 2.05) is 0 Å². The molecule has 0 saturated carbocycles. The summed E-state index contributed by atoms with van der Waals surface area (Å²) in [6.07, 6.45) is 0.954. The van der Waals surface area contributed by atoms with E-state index in [2.05, 4.69) is 5.32 Å². The summed E-state index contributed by atoms with van der Waals surface area (Å²) in [7, 11) is -2.71. The maximum atomic E-state index is 14.7. The fourth-order valence-electron chi connectivity index (χ4n) is 4.11. The topological polar surface area (TPSA) is 130 Å². The second-order valence-corrected chi connectivity index (χ2v) is 10.8. The average molecular weight is 557 g/mol. The van der Waals surface area contributed by atoms with E-state index >= 15 is 0 Å². The minimum atomic E-state index is -4.11. The first-order valence-electron chi connectivity index (χ1n) is 11.9. The second kappa shape index (κ2) is 12.5. The van der Waals surface area contributed by atoms with Crippen LogP contribution in [-0.2, 0) is 32.6 Å². The van der Waals surface area contributed by atoms with Crippen molar-refractivity contribution in [3.05, 3.63) is 105 Å². The molecule has 0 aliphatic rings. The average Bonchev–Trinajstić information content (AvgIpc) is 2.90. The number of halogens is 1. The Kier molecular flexibility index (Phi) is 9.36. The zero-order valence-corrected chi connectivity index (χ0v) is 22.5. The zero-order chi connectivity index (χ0) is 28.7. The van der Waals surface area contributed by atoms with Crippen LogP contribution in [0.2, 0.25) is 0 Å². The van der Waals surface area contributed by atoms with Gasteiger partial charge in [-0.3, -0.25) is 24.0 Å². The van der Waals surface area contributed by atoms with Gasteiger partial charge in [0.25, 0.3) is 5.69 Å². The Labute approximate surface area is 226 Å². The van der Waals surface area contributed by atoms with Gasteiger partial charge in [-0.2, -0.15) is 0 Å². The van der Waals surface area contributed by atoms with Gasteiger partial charge in [0.1, 0.15) is 18.4 Å². The number of amides is 2. The van der Waals surface area contributed by atoms with Crippen molar-refractivity contribution < 1.29 is 27.3 Å². The molecule has 3 aromatic rings. The third kappa shape index (κ3) is 7.38. The van der Waals surface area contributed by atoms with Gasteiger partial charge in [0.05, 0.1) is 16.9 Å². The van der Waals surface area contributed by atoms with E-state index in [0.29, 0.717) is 5.56 Å². The lowest BCUT2D eigenvalue weighted by Gasteiger charge is -2.33. The molecule has 12 heteroatoms. The van der Waals surface area contributed by atoms with Crippen LogP contribution in [-0.4, -0.2) is 55.9 Å². The SMILES string of the molecule is CNC(=O)C(Cc1ccccc1)N(Cc1ccccc1F)C(=O)CN(c1cc([N+](=O)[O-])ccc1C)S(C)(=O)=O. The van der Waals surface area contributed by atoms with Crippen LogP contribution in [0.1, 0.15) is 16.7 Å². The predicted octanol–water partition coefficient (Wildman–Crippen LogP) is 3.19. The van der Waals surface area contributed by atoms with E-state index in [-0.39, 0.29) is 29.9 Å². The van der Waals surface area contributed by atoms with Crippen molar-refractivity contribution in [2.24, 2.45) is 0 Å². The highest BCUT2D eigenvalue weighted by molar-refractivity contribution is 7.92. The number of nitrogens with one attached hydrogen (secondary N) is 1. The summed E-state index contributed by atoms with van der Waals surface area (Å²) in [5.74, 6) is -1.92. The monoisotopic (exact) mass is 556 g/mol. The first-order valence-corrected chi connectivity index (χ1v) is 13.8. The van der Waals surface area contributed by atoms with Crippen LogP contribution in [0.25, 0.3) is 0 Å². The molecule has 0 saturated heterocycles. The number of anilines is 1. The third-order valence-corrected chi connectivity index (χ3v) is 7.29. The molecule has 10 nitrogen and oxygen atoms in total. The van der Waals surface area contributed by atoms with E-state index in [1.165, 1.54) is 37.4 Å². The Morgan fingerprint density at radius 1 is 1.05 bits per heavy atom. The van der Waals surface area contributed by atoms with Gasteiger partial charge < -0.3 is 10.2 Å². The van der Waals surface area contributed by atoms with Gasteiger partial charge in [-0.05, 0) is 24.1 Å². The maximum Gasteiger partial charge on any atom is 0.271 e. The largest absolute Gasteiger partial charge is 0.357 e. The molecule has 206 valence electrons. The van der Waals surface area contributed by atoms with E-state index in [1.54, 1.807) is 43.3 Å². The van der Waals surface area contributed by atoms with Gasteiger partial charge in [-0.15, -0.1) is 0 Å². The van der Waals surface area contributed by atoms with E-state index in [9.17, 15) is 32.5 Å². The van der Waals surface area contributed by atoms with Crippen LogP contribution in [0.4, 0.5) is 15.8 Å². The quantitative estimate of drug-likeness (QED) is 0.285. The van der Waals surface area contributed by atoms with Crippen LogP contribution in [0.5, 0.6) is 0 Å². The number of sulfonamides is 1. The molecule has 3 rings (SSSR count). The van der Waals surface area contributed by atoms with Crippen LogP contribution in [0.15, 0.2) is 72.8 Å². The number of non-ortho nitro benzene ring substituents is 1. The summed E-state index contributed by atoms with van der Waals surface area (Å²) in [5, 5.41) is 13.9. The molecule has 0 aromatic heterocycles. The number of nitro benzene ring substituents is 1. The number of carbonyl (C=O) groups is 2. The molecule has 3 aromatic carbocycles. The highest BCUT2D eigenvalue weighted by atomic mass is 32.2. The number of nitrogens with zero attached hydrogens (tertiary/aromatic N) is 3. The van der Waals surface area contributed by atoms with Gasteiger partial charge in [0.2, 0.25) is 21.8 Å². The Morgan fingerprint density at radius 3 is 2.28 bits per heavy atom. The van der Waals surface area contributed by atoms with Crippen LogP contribution >= 0.6 is 0 Å². The Morgan fingerprint density at radius 2 is 1.69 bits per heavy atom. The molecule has 0 heterocycles. The second-order valence-electron chi connectivity index (χ2n) is 8.93. The molecule has 2 amide bonds. The van der Waals surface area contributed by atoms with Crippen LogP contribution < -0.4 is 9.62 Å². The number of nitro groups is 1. The van der Waals surface area contributed by atoms with Crippen molar-refractivity contribution in [1.29, 1.82) is 0 Å². The van der Waals surface area contributed by atoms with E-state index < -0.39 is 45.2 Å². The van der Waals surface area contributed by atoms with Gasteiger partial charge in [0.15, 0.2) is 0 Å². The number of aryl methyl sites for hydroxylation is 1. The van der Waals surface area contributed by atoms with Crippen molar-refractivity contribution in [2.75, 3.05) is 24.2 Å². The number of benzene rings is 3. The molecule has 1 atom stereocenters. The third-order valence-electron chi connectivity index (χ3n) is 6.17. The summed E-state index contributed by atoms with van der Waals surface area (Å²) in [6, 6.07) is 17.2. The molecule has 0 spiro atoms. The summed E-state index contributed by atoms with van der Waals surface area (Å²) < 4.78 is 41.1. The van der Waals surface area contributed by atoms with E-state index in [4.69, 9.17) is 0 Å². The number of hydrogen-bond donors (Lipinski definition) is 1. The fraction of sp³-hybridized carbons (Fsp3) is 0.259. The highest BCUT2D eigenvalue weighted by Gasteiger charge is 2.33. The normalized spacial score (nSPS) is 11.9. The number of likely N-dealkylation sites (N-methyl/N-ethyl adjacent to an activating group) is 1. The minimum Gasteiger partial charge on any atom is -0.357 e. The molecule has 1 unspecified atom stereocenters. The Balaban J connectivity index is 2.09. The molecule has 0 aliphatic heterocycles. The summed E-state index contributed by atoms with van der Waals surface area (Å²) >= 11 is 0. The summed E-state index contributed by atoms with van der Waals surface area (Å²) in [4.78, 5) is 38.7. The van der Waals surface area contributed by atoms with Crippen molar-refractivity contribution in [1.82, 2.24) is 10.2 Å². The smallest absolute Gasteiger partial charge is 0.271 e.